The average molecular weight is 425 g/mol. The first-order chi connectivity index (χ1) is 15.5. The minimum absolute atomic E-state index is 0.126. The Morgan fingerprint density at radius 3 is 2.38 bits per heavy atom. The summed E-state index contributed by atoms with van der Waals surface area (Å²) in [6.45, 7) is 1.95. The summed E-state index contributed by atoms with van der Waals surface area (Å²) in [6.07, 6.45) is 4.41. The summed E-state index contributed by atoms with van der Waals surface area (Å²) in [7, 11) is 1.32. The molecule has 160 valence electrons. The van der Waals surface area contributed by atoms with Gasteiger partial charge in [-0.3, -0.25) is 9.69 Å². The Kier molecular flexibility index (Phi) is 5.73. The van der Waals surface area contributed by atoms with Crippen LogP contribution < -0.4 is 0 Å². The number of fused-ring (bicyclic) bond motifs is 1. The number of carbonyl (C=O) groups excluding carboxylic acids is 3. The molecule has 32 heavy (non-hydrogen) atoms. The Morgan fingerprint density at radius 2 is 1.66 bits per heavy atom. The van der Waals surface area contributed by atoms with Gasteiger partial charge in [-0.05, 0) is 47.9 Å². The molecule has 0 aliphatic carbocycles. The van der Waals surface area contributed by atoms with Crippen molar-refractivity contribution >= 4 is 24.2 Å². The highest BCUT2D eigenvalue weighted by Crippen LogP contribution is 2.39. The summed E-state index contributed by atoms with van der Waals surface area (Å²) in [5.41, 5.74) is 2.74. The van der Waals surface area contributed by atoms with E-state index in [1.165, 1.54) is 12.0 Å². The Hall–Kier alpha value is -3.99. The molecule has 0 radical (unpaired) electrons. The van der Waals surface area contributed by atoms with Gasteiger partial charge in [-0.1, -0.05) is 60.2 Å². The molecule has 3 aromatic carbocycles. The Bertz CT molecular complexity index is 1210. The van der Waals surface area contributed by atoms with Gasteiger partial charge in [0.1, 0.15) is 5.54 Å². The topological polar surface area (TPSA) is 63.7 Å². The summed E-state index contributed by atoms with van der Waals surface area (Å²) in [5.74, 6) is -0.781. The number of aryl methyl sites for hydroxylation is 1. The van der Waals surface area contributed by atoms with Crippen LogP contribution in [0.3, 0.4) is 0 Å². The molecule has 0 aromatic heterocycles. The first-order valence-corrected chi connectivity index (χ1v) is 10.3. The van der Waals surface area contributed by atoms with Crippen molar-refractivity contribution in [3.8, 4) is 0 Å². The molecule has 1 unspecified atom stereocenters. The first-order valence-electron chi connectivity index (χ1n) is 10.3. The molecule has 5 heteroatoms. The third-order valence-electron chi connectivity index (χ3n) is 5.86. The average Bonchev–Trinajstić information content (AvgIpc) is 2.84. The number of hydrogen-bond acceptors (Lipinski definition) is 4. The highest BCUT2D eigenvalue weighted by atomic mass is 16.5. The fourth-order valence-electron chi connectivity index (χ4n) is 4.15. The van der Waals surface area contributed by atoms with Gasteiger partial charge in [0, 0.05) is 18.2 Å². The number of hydrogen-bond donors (Lipinski definition) is 0. The second-order valence-corrected chi connectivity index (χ2v) is 7.81. The summed E-state index contributed by atoms with van der Waals surface area (Å²) in [4.78, 5) is 40.3. The van der Waals surface area contributed by atoms with Crippen molar-refractivity contribution < 1.29 is 19.1 Å². The Morgan fingerprint density at radius 1 is 0.969 bits per heavy atom. The van der Waals surface area contributed by atoms with Crippen molar-refractivity contribution in [2.45, 2.75) is 18.9 Å². The molecular weight excluding hydrogens is 402 g/mol. The maximum absolute atomic E-state index is 13.6. The van der Waals surface area contributed by atoms with Gasteiger partial charge in [0.15, 0.2) is 6.29 Å². The quantitative estimate of drug-likeness (QED) is 0.445. The van der Waals surface area contributed by atoms with Crippen LogP contribution in [0, 0.1) is 6.92 Å². The Labute approximate surface area is 186 Å². The molecule has 0 saturated carbocycles. The van der Waals surface area contributed by atoms with Gasteiger partial charge in [0.05, 0.1) is 12.7 Å². The standard InChI is InChI=1S/C27H23NO4/c1-19-11-13-21(14-12-19)25(30)28-16-15-20-7-4-6-10-24(20)27(28,18-29)17-22-8-3-5-9-23(22)26(31)32-2/h3-16,18H,17H2,1-2H3. The van der Waals surface area contributed by atoms with Crippen LogP contribution in [0.15, 0.2) is 79.0 Å². The minimum Gasteiger partial charge on any atom is -0.465 e. The van der Waals surface area contributed by atoms with Gasteiger partial charge < -0.3 is 9.53 Å². The number of aldehydes is 1. The van der Waals surface area contributed by atoms with E-state index >= 15 is 0 Å². The molecule has 0 saturated heterocycles. The molecule has 0 spiro atoms. The van der Waals surface area contributed by atoms with Crippen molar-refractivity contribution in [1.29, 1.82) is 0 Å². The smallest absolute Gasteiger partial charge is 0.338 e. The fourth-order valence-corrected chi connectivity index (χ4v) is 4.15. The molecule has 4 rings (SSSR count). The molecule has 1 atom stereocenters. The van der Waals surface area contributed by atoms with Crippen LogP contribution in [0.1, 0.15) is 43.0 Å². The molecule has 1 aliphatic rings. The third kappa shape index (κ3) is 3.62. The number of amides is 1. The van der Waals surface area contributed by atoms with Gasteiger partial charge in [-0.2, -0.15) is 0 Å². The van der Waals surface area contributed by atoms with Crippen LogP contribution in [0.2, 0.25) is 0 Å². The van der Waals surface area contributed by atoms with E-state index < -0.39 is 11.5 Å². The summed E-state index contributed by atoms with van der Waals surface area (Å²) >= 11 is 0. The van der Waals surface area contributed by atoms with Crippen LogP contribution >= 0.6 is 0 Å². The van der Waals surface area contributed by atoms with E-state index in [9.17, 15) is 14.4 Å². The van der Waals surface area contributed by atoms with E-state index in [4.69, 9.17) is 4.74 Å². The van der Waals surface area contributed by atoms with Crippen LogP contribution in [0.25, 0.3) is 6.08 Å². The number of ether oxygens (including phenoxy) is 1. The lowest BCUT2D eigenvalue weighted by molar-refractivity contribution is -0.116. The van der Waals surface area contributed by atoms with E-state index in [0.29, 0.717) is 22.3 Å². The van der Waals surface area contributed by atoms with Crippen molar-refractivity contribution in [2.24, 2.45) is 0 Å². The number of carbonyl (C=O) groups is 3. The van der Waals surface area contributed by atoms with E-state index in [-0.39, 0.29) is 12.3 Å². The van der Waals surface area contributed by atoms with Gasteiger partial charge in [0.25, 0.3) is 5.91 Å². The first kappa shape index (κ1) is 21.2. The van der Waals surface area contributed by atoms with Crippen LogP contribution in [0.5, 0.6) is 0 Å². The maximum Gasteiger partial charge on any atom is 0.338 e. The fraction of sp³-hybridized carbons (Fsp3) is 0.148. The van der Waals surface area contributed by atoms with Crippen LogP contribution in [-0.4, -0.2) is 30.2 Å². The Balaban J connectivity index is 1.88. The second-order valence-electron chi connectivity index (χ2n) is 7.81. The number of methoxy groups -OCH3 is 1. The van der Waals surface area contributed by atoms with Gasteiger partial charge in [-0.15, -0.1) is 0 Å². The molecule has 5 nitrogen and oxygen atoms in total. The molecule has 3 aromatic rings. The monoisotopic (exact) mass is 425 g/mol. The highest BCUT2D eigenvalue weighted by Gasteiger charge is 2.44. The third-order valence-corrected chi connectivity index (χ3v) is 5.86. The zero-order valence-corrected chi connectivity index (χ0v) is 17.9. The zero-order valence-electron chi connectivity index (χ0n) is 17.9. The van der Waals surface area contributed by atoms with Crippen molar-refractivity contribution in [3.63, 3.8) is 0 Å². The van der Waals surface area contributed by atoms with Gasteiger partial charge in [-0.25, -0.2) is 4.79 Å². The molecule has 1 heterocycles. The molecular formula is C27H23NO4. The predicted molar refractivity (Wildman–Crippen MR) is 122 cm³/mol. The number of rotatable bonds is 5. The predicted octanol–water partition coefficient (Wildman–Crippen LogP) is 4.55. The molecule has 0 bridgehead atoms. The van der Waals surface area contributed by atoms with Crippen molar-refractivity contribution in [1.82, 2.24) is 4.90 Å². The van der Waals surface area contributed by atoms with E-state index in [1.54, 1.807) is 42.6 Å². The number of nitrogens with zero attached hydrogens (tertiary/aromatic N) is 1. The molecule has 1 aliphatic heterocycles. The summed E-state index contributed by atoms with van der Waals surface area (Å²) < 4.78 is 4.94. The summed E-state index contributed by atoms with van der Waals surface area (Å²) in [6, 6.07) is 21.7. The zero-order chi connectivity index (χ0) is 22.7. The van der Waals surface area contributed by atoms with Crippen LogP contribution in [0.4, 0.5) is 0 Å². The minimum atomic E-state index is -1.32. The van der Waals surface area contributed by atoms with Gasteiger partial charge in [0.2, 0.25) is 0 Å². The number of benzene rings is 3. The molecule has 0 N–H and O–H groups in total. The van der Waals surface area contributed by atoms with E-state index in [1.807, 2.05) is 49.4 Å². The largest absolute Gasteiger partial charge is 0.465 e. The normalized spacial score (nSPS) is 16.9. The molecule has 1 amide bonds. The van der Waals surface area contributed by atoms with Crippen molar-refractivity contribution in [3.05, 3.63) is 112 Å². The second kappa shape index (κ2) is 8.63. The van der Waals surface area contributed by atoms with Gasteiger partial charge >= 0.3 is 5.97 Å². The lowest BCUT2D eigenvalue weighted by Crippen LogP contribution is -2.51. The lowest BCUT2D eigenvalue weighted by Gasteiger charge is -2.42. The highest BCUT2D eigenvalue weighted by molar-refractivity contribution is 5.99. The van der Waals surface area contributed by atoms with E-state index in [2.05, 4.69) is 0 Å². The number of esters is 1. The van der Waals surface area contributed by atoms with Crippen LogP contribution in [-0.2, 0) is 21.5 Å². The molecule has 0 fully saturated rings. The van der Waals surface area contributed by atoms with E-state index in [0.717, 1.165) is 17.4 Å². The lowest BCUT2D eigenvalue weighted by atomic mass is 9.78. The van der Waals surface area contributed by atoms with Crippen molar-refractivity contribution in [2.75, 3.05) is 7.11 Å². The summed E-state index contributed by atoms with van der Waals surface area (Å²) in [5, 5.41) is 0. The maximum atomic E-state index is 13.6. The SMILES string of the molecule is COC(=O)c1ccccc1CC1(C=O)c2ccccc2C=CN1C(=O)c1ccc(C)cc1.